The van der Waals surface area contributed by atoms with Crippen LogP contribution in [0.3, 0.4) is 0 Å². The molecule has 1 saturated heterocycles. The molecule has 0 aromatic heterocycles. The lowest BCUT2D eigenvalue weighted by atomic mass is 9.85. The Labute approximate surface area is 82.6 Å². The number of rotatable bonds is 2. The van der Waals surface area contributed by atoms with Crippen LogP contribution in [-0.2, 0) is 14.3 Å². The summed E-state index contributed by atoms with van der Waals surface area (Å²) in [5.41, 5.74) is -0.105. The van der Waals surface area contributed by atoms with Crippen LogP contribution in [0.25, 0.3) is 0 Å². The standard InChI is InChI=1S/C10H14O4/c1-6(9(12)13)4-7-10(2,3)5-8(11)14-7/h4,7H,5H2,1-3H3,(H,12,13). The van der Waals surface area contributed by atoms with Crippen LogP contribution in [0, 0.1) is 5.41 Å². The average Bonchev–Trinajstić information content (AvgIpc) is 2.24. The first-order valence-corrected chi connectivity index (χ1v) is 4.44. The van der Waals surface area contributed by atoms with Crippen LogP contribution in [0.2, 0.25) is 0 Å². The molecule has 1 aliphatic heterocycles. The third-order valence-electron chi connectivity index (χ3n) is 2.37. The quantitative estimate of drug-likeness (QED) is 0.537. The van der Waals surface area contributed by atoms with Crippen LogP contribution in [0.5, 0.6) is 0 Å². The van der Waals surface area contributed by atoms with E-state index >= 15 is 0 Å². The number of carboxylic acid groups (broad SMARTS) is 1. The molecule has 1 N–H and O–H groups in total. The Hall–Kier alpha value is -1.32. The van der Waals surface area contributed by atoms with Gasteiger partial charge in [-0.1, -0.05) is 13.8 Å². The summed E-state index contributed by atoms with van der Waals surface area (Å²) in [6.07, 6.45) is 1.40. The van der Waals surface area contributed by atoms with Crippen molar-refractivity contribution >= 4 is 11.9 Å². The van der Waals surface area contributed by atoms with E-state index in [0.717, 1.165) is 0 Å². The van der Waals surface area contributed by atoms with E-state index < -0.39 is 12.1 Å². The average molecular weight is 198 g/mol. The van der Waals surface area contributed by atoms with E-state index in [0.29, 0.717) is 6.42 Å². The van der Waals surface area contributed by atoms with Gasteiger partial charge in [-0.3, -0.25) is 4.79 Å². The fraction of sp³-hybridized carbons (Fsp3) is 0.600. The molecule has 0 aliphatic carbocycles. The van der Waals surface area contributed by atoms with Gasteiger partial charge in [0.25, 0.3) is 0 Å². The molecule has 0 amide bonds. The van der Waals surface area contributed by atoms with Crippen molar-refractivity contribution in [2.24, 2.45) is 5.41 Å². The Kier molecular flexibility index (Phi) is 2.64. The molecule has 1 unspecified atom stereocenters. The topological polar surface area (TPSA) is 63.6 Å². The zero-order valence-corrected chi connectivity index (χ0v) is 8.53. The zero-order chi connectivity index (χ0) is 10.9. The van der Waals surface area contributed by atoms with Crippen LogP contribution in [0.1, 0.15) is 27.2 Å². The van der Waals surface area contributed by atoms with Gasteiger partial charge in [0.15, 0.2) is 0 Å². The summed E-state index contributed by atoms with van der Waals surface area (Å²) < 4.78 is 5.02. The molecule has 0 aromatic carbocycles. The van der Waals surface area contributed by atoms with Crippen LogP contribution < -0.4 is 0 Å². The SMILES string of the molecule is CC(=CC1OC(=O)CC1(C)C)C(=O)O. The molecule has 4 nitrogen and oxygen atoms in total. The number of hydrogen-bond donors (Lipinski definition) is 1. The van der Waals surface area contributed by atoms with Crippen molar-refractivity contribution in [3.8, 4) is 0 Å². The van der Waals surface area contributed by atoms with E-state index in [-0.39, 0.29) is 17.0 Å². The Balaban J connectivity index is 2.84. The molecule has 0 spiro atoms. The Morgan fingerprint density at radius 1 is 1.64 bits per heavy atom. The highest BCUT2D eigenvalue weighted by molar-refractivity contribution is 5.86. The van der Waals surface area contributed by atoms with E-state index in [1.54, 1.807) is 0 Å². The first kappa shape index (κ1) is 10.8. The van der Waals surface area contributed by atoms with Gasteiger partial charge >= 0.3 is 11.9 Å². The molecule has 1 rings (SSSR count). The van der Waals surface area contributed by atoms with Gasteiger partial charge in [0.1, 0.15) is 6.10 Å². The second-order valence-corrected chi connectivity index (χ2v) is 4.23. The molecule has 14 heavy (non-hydrogen) atoms. The second-order valence-electron chi connectivity index (χ2n) is 4.23. The highest BCUT2D eigenvalue weighted by Gasteiger charge is 2.40. The minimum atomic E-state index is -0.983. The lowest BCUT2D eigenvalue weighted by Crippen LogP contribution is -2.23. The smallest absolute Gasteiger partial charge is 0.331 e. The van der Waals surface area contributed by atoms with Crippen molar-refractivity contribution in [1.82, 2.24) is 0 Å². The van der Waals surface area contributed by atoms with Gasteiger partial charge in [-0.25, -0.2) is 4.79 Å². The number of aliphatic carboxylic acids is 1. The number of ether oxygens (including phenoxy) is 1. The predicted octanol–water partition coefficient (Wildman–Crippen LogP) is 1.36. The zero-order valence-electron chi connectivity index (χ0n) is 8.53. The maximum Gasteiger partial charge on any atom is 0.331 e. The Morgan fingerprint density at radius 3 is 2.57 bits per heavy atom. The summed E-state index contributed by atoms with van der Waals surface area (Å²) in [5, 5.41) is 8.67. The molecule has 1 fully saturated rings. The number of carbonyl (C=O) groups is 2. The summed E-state index contributed by atoms with van der Waals surface area (Å²) in [4.78, 5) is 21.6. The summed E-state index contributed by atoms with van der Waals surface area (Å²) in [6.45, 7) is 5.26. The van der Waals surface area contributed by atoms with E-state index in [2.05, 4.69) is 0 Å². The summed E-state index contributed by atoms with van der Waals surface area (Å²) in [6, 6.07) is 0. The van der Waals surface area contributed by atoms with Crippen LogP contribution >= 0.6 is 0 Å². The fourth-order valence-electron chi connectivity index (χ4n) is 1.37. The van der Waals surface area contributed by atoms with Crippen molar-refractivity contribution < 1.29 is 19.4 Å². The van der Waals surface area contributed by atoms with Gasteiger partial charge in [-0.15, -0.1) is 0 Å². The van der Waals surface area contributed by atoms with Gasteiger partial charge in [0.2, 0.25) is 0 Å². The minimum Gasteiger partial charge on any atom is -0.478 e. The molecule has 1 atom stereocenters. The molecule has 0 bridgehead atoms. The molecule has 1 aliphatic rings. The van der Waals surface area contributed by atoms with Crippen LogP contribution in [0.4, 0.5) is 0 Å². The first-order chi connectivity index (χ1) is 6.33. The molecule has 78 valence electrons. The van der Waals surface area contributed by atoms with Crippen molar-refractivity contribution in [3.05, 3.63) is 11.6 Å². The largest absolute Gasteiger partial charge is 0.478 e. The molecular weight excluding hydrogens is 184 g/mol. The predicted molar refractivity (Wildman–Crippen MR) is 49.7 cm³/mol. The van der Waals surface area contributed by atoms with Gasteiger partial charge < -0.3 is 9.84 Å². The highest BCUT2D eigenvalue weighted by Crippen LogP contribution is 2.35. The number of carboxylic acids is 1. The molecule has 1 heterocycles. The Morgan fingerprint density at radius 2 is 2.21 bits per heavy atom. The fourth-order valence-corrected chi connectivity index (χ4v) is 1.37. The maximum atomic E-state index is 11.0. The maximum absolute atomic E-state index is 11.0. The third kappa shape index (κ3) is 2.13. The molecule has 0 radical (unpaired) electrons. The second kappa shape index (κ2) is 3.44. The summed E-state index contributed by atoms with van der Waals surface area (Å²) in [7, 11) is 0. The van der Waals surface area contributed by atoms with E-state index in [1.165, 1.54) is 13.0 Å². The molecule has 0 aromatic rings. The van der Waals surface area contributed by atoms with E-state index in [4.69, 9.17) is 9.84 Å². The minimum absolute atomic E-state index is 0.206. The van der Waals surface area contributed by atoms with E-state index in [1.807, 2.05) is 13.8 Å². The first-order valence-electron chi connectivity index (χ1n) is 4.44. The Bertz CT molecular complexity index is 301. The monoisotopic (exact) mass is 198 g/mol. The van der Waals surface area contributed by atoms with Crippen molar-refractivity contribution in [1.29, 1.82) is 0 Å². The van der Waals surface area contributed by atoms with Crippen LogP contribution in [0.15, 0.2) is 11.6 Å². The lowest BCUT2D eigenvalue weighted by Gasteiger charge is -2.20. The normalized spacial score (nSPS) is 26.1. The summed E-state index contributed by atoms with van der Waals surface area (Å²) in [5.74, 6) is -1.25. The number of esters is 1. The third-order valence-corrected chi connectivity index (χ3v) is 2.37. The van der Waals surface area contributed by atoms with Crippen LogP contribution in [-0.4, -0.2) is 23.1 Å². The van der Waals surface area contributed by atoms with Gasteiger partial charge in [0.05, 0.1) is 6.42 Å². The van der Waals surface area contributed by atoms with Gasteiger partial charge in [0, 0.05) is 11.0 Å². The number of cyclic esters (lactones) is 1. The number of carbonyl (C=O) groups excluding carboxylic acids is 1. The molecule has 4 heteroatoms. The highest BCUT2D eigenvalue weighted by atomic mass is 16.6. The van der Waals surface area contributed by atoms with Gasteiger partial charge in [-0.05, 0) is 13.0 Å². The lowest BCUT2D eigenvalue weighted by molar-refractivity contribution is -0.140. The molecule has 0 saturated carbocycles. The van der Waals surface area contributed by atoms with E-state index in [9.17, 15) is 9.59 Å². The number of hydrogen-bond acceptors (Lipinski definition) is 3. The van der Waals surface area contributed by atoms with Gasteiger partial charge in [-0.2, -0.15) is 0 Å². The van der Waals surface area contributed by atoms with Crippen molar-refractivity contribution in [2.75, 3.05) is 0 Å². The summed E-state index contributed by atoms with van der Waals surface area (Å²) >= 11 is 0. The van der Waals surface area contributed by atoms with Crippen molar-refractivity contribution in [3.63, 3.8) is 0 Å². The van der Waals surface area contributed by atoms with Crippen molar-refractivity contribution in [2.45, 2.75) is 33.3 Å². The molecular formula is C10H14O4.